The van der Waals surface area contributed by atoms with E-state index in [-0.39, 0.29) is 20.1 Å². The summed E-state index contributed by atoms with van der Waals surface area (Å²) < 4.78 is 0. The molecule has 1 unspecified atom stereocenters. The largest absolute Gasteiger partial charge is 0.481 e. The second-order valence-electron chi connectivity index (χ2n) is 3.19. The summed E-state index contributed by atoms with van der Waals surface area (Å²) in [6.45, 7) is 1.74. The average Bonchev–Trinajstić information content (AvgIpc) is 2.23. The van der Waals surface area contributed by atoms with Crippen molar-refractivity contribution in [2.75, 3.05) is 0 Å². The van der Waals surface area contributed by atoms with Gasteiger partial charge in [-0.25, -0.2) is 0 Å². The minimum atomic E-state index is -0.973. The molecule has 16 heavy (non-hydrogen) atoms. The van der Waals surface area contributed by atoms with Crippen molar-refractivity contribution >= 4 is 52.4 Å². The van der Waals surface area contributed by atoms with Crippen LogP contribution in [0.15, 0.2) is 6.07 Å². The van der Waals surface area contributed by atoms with Gasteiger partial charge in [-0.15, -0.1) is 0 Å². The van der Waals surface area contributed by atoms with Crippen LogP contribution in [0, 0.1) is 0 Å². The minimum Gasteiger partial charge on any atom is -0.481 e. The van der Waals surface area contributed by atoms with Gasteiger partial charge in [-0.2, -0.15) is 0 Å². The van der Waals surface area contributed by atoms with Crippen molar-refractivity contribution in [2.24, 2.45) is 0 Å². The van der Waals surface area contributed by atoms with Crippen molar-refractivity contribution < 1.29 is 9.90 Å². The van der Waals surface area contributed by atoms with E-state index in [0.717, 1.165) is 0 Å². The number of halogens is 4. The smallest absolute Gasteiger partial charge is 0.311 e. The minimum absolute atomic E-state index is 0.0885. The Morgan fingerprint density at radius 3 is 2.25 bits per heavy atom. The predicted molar refractivity (Wildman–Crippen MR) is 67.1 cm³/mol. The lowest BCUT2D eigenvalue weighted by atomic mass is 9.96. The SMILES string of the molecule is CCC(C(=O)O)c1cc(Cl)c(Cl)c(Cl)c1Cl. The first-order chi connectivity index (χ1) is 7.40. The molecular weight excluding hydrogens is 294 g/mol. The Hall–Kier alpha value is -0.150. The first-order valence-electron chi connectivity index (χ1n) is 4.45. The number of rotatable bonds is 3. The molecule has 0 saturated heterocycles. The van der Waals surface area contributed by atoms with Crippen molar-refractivity contribution in [3.05, 3.63) is 31.7 Å². The second-order valence-corrected chi connectivity index (χ2v) is 4.73. The molecule has 0 spiro atoms. The highest BCUT2D eigenvalue weighted by Crippen LogP contribution is 2.41. The molecule has 0 amide bonds. The molecule has 0 aromatic heterocycles. The summed E-state index contributed by atoms with van der Waals surface area (Å²) in [5, 5.41) is 9.59. The Balaban J connectivity index is 3.39. The maximum absolute atomic E-state index is 11.0. The lowest BCUT2D eigenvalue weighted by Crippen LogP contribution is -2.11. The highest BCUT2D eigenvalue weighted by Gasteiger charge is 2.24. The van der Waals surface area contributed by atoms with E-state index >= 15 is 0 Å². The van der Waals surface area contributed by atoms with Crippen LogP contribution >= 0.6 is 46.4 Å². The van der Waals surface area contributed by atoms with E-state index in [1.54, 1.807) is 6.92 Å². The fourth-order valence-corrected chi connectivity index (χ4v) is 2.32. The molecule has 6 heteroatoms. The fourth-order valence-electron chi connectivity index (χ4n) is 1.37. The van der Waals surface area contributed by atoms with Crippen LogP contribution in [0.4, 0.5) is 0 Å². The van der Waals surface area contributed by atoms with Crippen LogP contribution in [0.5, 0.6) is 0 Å². The molecule has 0 bridgehead atoms. The molecule has 0 aliphatic rings. The van der Waals surface area contributed by atoms with E-state index in [4.69, 9.17) is 51.5 Å². The van der Waals surface area contributed by atoms with Crippen LogP contribution in [0.2, 0.25) is 20.1 Å². The number of carbonyl (C=O) groups is 1. The summed E-state index contributed by atoms with van der Waals surface area (Å²) in [5.74, 6) is -1.71. The number of benzene rings is 1. The number of aliphatic carboxylic acids is 1. The van der Waals surface area contributed by atoms with Gasteiger partial charge in [0.1, 0.15) is 0 Å². The van der Waals surface area contributed by atoms with Crippen molar-refractivity contribution in [1.82, 2.24) is 0 Å². The van der Waals surface area contributed by atoms with Crippen molar-refractivity contribution in [1.29, 1.82) is 0 Å². The quantitative estimate of drug-likeness (QED) is 0.638. The highest BCUT2D eigenvalue weighted by molar-refractivity contribution is 6.52. The van der Waals surface area contributed by atoms with Gasteiger partial charge in [0.05, 0.1) is 26.0 Å². The molecule has 1 aromatic rings. The monoisotopic (exact) mass is 300 g/mol. The maximum atomic E-state index is 11.0. The zero-order valence-corrected chi connectivity index (χ0v) is 11.3. The van der Waals surface area contributed by atoms with Gasteiger partial charge in [0.15, 0.2) is 0 Å². The van der Waals surface area contributed by atoms with Crippen molar-refractivity contribution in [3.63, 3.8) is 0 Å². The maximum Gasteiger partial charge on any atom is 0.311 e. The second kappa shape index (κ2) is 5.46. The summed E-state index contributed by atoms with van der Waals surface area (Å²) in [4.78, 5) is 11.0. The number of carboxylic acids is 1. The van der Waals surface area contributed by atoms with E-state index in [1.165, 1.54) is 6.07 Å². The van der Waals surface area contributed by atoms with Crippen LogP contribution in [-0.2, 0) is 4.79 Å². The van der Waals surface area contributed by atoms with Gasteiger partial charge in [0, 0.05) is 0 Å². The van der Waals surface area contributed by atoms with Crippen molar-refractivity contribution in [3.8, 4) is 0 Å². The molecule has 0 aliphatic carbocycles. The molecule has 1 rings (SSSR count). The van der Waals surface area contributed by atoms with Gasteiger partial charge in [0.25, 0.3) is 0 Å². The third-order valence-electron chi connectivity index (χ3n) is 2.21. The molecule has 0 radical (unpaired) electrons. The Bertz CT molecular complexity index is 431. The molecular formula is C10H8Cl4O2. The molecule has 0 fully saturated rings. The number of hydrogen-bond donors (Lipinski definition) is 1. The van der Waals surface area contributed by atoms with Crippen LogP contribution in [0.1, 0.15) is 24.8 Å². The molecule has 0 aliphatic heterocycles. The lowest BCUT2D eigenvalue weighted by molar-refractivity contribution is -0.138. The van der Waals surface area contributed by atoms with Crippen LogP contribution in [0.3, 0.4) is 0 Å². The fraction of sp³-hybridized carbons (Fsp3) is 0.300. The van der Waals surface area contributed by atoms with Gasteiger partial charge < -0.3 is 5.11 Å². The topological polar surface area (TPSA) is 37.3 Å². The van der Waals surface area contributed by atoms with E-state index in [9.17, 15) is 4.79 Å². The van der Waals surface area contributed by atoms with Gasteiger partial charge in [-0.3, -0.25) is 4.79 Å². The Labute approximate surface area is 113 Å². The number of carboxylic acid groups (broad SMARTS) is 1. The van der Waals surface area contributed by atoms with Gasteiger partial charge in [0.2, 0.25) is 0 Å². The van der Waals surface area contributed by atoms with E-state index < -0.39 is 11.9 Å². The first kappa shape index (κ1) is 13.9. The van der Waals surface area contributed by atoms with E-state index in [1.807, 2.05) is 0 Å². The third kappa shape index (κ3) is 2.57. The summed E-state index contributed by atoms with van der Waals surface area (Å²) in [7, 11) is 0. The average molecular weight is 302 g/mol. The zero-order chi connectivity index (χ0) is 12.5. The third-order valence-corrected chi connectivity index (χ3v) is 3.98. The predicted octanol–water partition coefficient (Wildman–Crippen LogP) is 4.88. The molecule has 1 N–H and O–H groups in total. The Kier molecular flexibility index (Phi) is 4.74. The van der Waals surface area contributed by atoms with Crippen LogP contribution in [0.25, 0.3) is 0 Å². The van der Waals surface area contributed by atoms with Crippen LogP contribution in [-0.4, -0.2) is 11.1 Å². The van der Waals surface area contributed by atoms with Gasteiger partial charge in [-0.05, 0) is 18.1 Å². The van der Waals surface area contributed by atoms with Gasteiger partial charge >= 0.3 is 5.97 Å². The summed E-state index contributed by atoms with van der Waals surface area (Å²) in [5.41, 5.74) is 0.385. The van der Waals surface area contributed by atoms with E-state index in [0.29, 0.717) is 12.0 Å². The normalized spacial score (nSPS) is 12.6. The molecule has 88 valence electrons. The molecule has 2 nitrogen and oxygen atoms in total. The summed E-state index contributed by atoms with van der Waals surface area (Å²) in [6, 6.07) is 1.44. The first-order valence-corrected chi connectivity index (χ1v) is 5.97. The van der Waals surface area contributed by atoms with Gasteiger partial charge in [-0.1, -0.05) is 53.3 Å². The molecule has 1 atom stereocenters. The molecule has 0 saturated carbocycles. The van der Waals surface area contributed by atoms with Crippen LogP contribution < -0.4 is 0 Å². The standard InChI is InChI=1S/C10H8Cl4O2/c1-2-4(10(15)16)5-3-6(11)8(13)9(14)7(5)12/h3-4H,2H2,1H3,(H,15,16). The van der Waals surface area contributed by atoms with E-state index in [2.05, 4.69) is 0 Å². The lowest BCUT2D eigenvalue weighted by Gasteiger charge is -2.14. The Morgan fingerprint density at radius 2 is 1.81 bits per heavy atom. The summed E-state index contributed by atoms with van der Waals surface area (Å²) >= 11 is 23.4. The highest BCUT2D eigenvalue weighted by atomic mass is 35.5. The number of hydrogen-bond acceptors (Lipinski definition) is 1. The zero-order valence-electron chi connectivity index (χ0n) is 8.23. The van der Waals surface area contributed by atoms with Crippen molar-refractivity contribution in [2.45, 2.75) is 19.3 Å². The molecule has 0 heterocycles. The molecule has 1 aromatic carbocycles. The Morgan fingerprint density at radius 1 is 1.25 bits per heavy atom. The summed E-state index contributed by atoms with van der Waals surface area (Å²) in [6.07, 6.45) is 0.392.